The Morgan fingerprint density at radius 3 is 2.73 bits per heavy atom. The van der Waals surface area contributed by atoms with Gasteiger partial charge in [-0.15, -0.1) is 10.2 Å². The van der Waals surface area contributed by atoms with Crippen LogP contribution in [-0.4, -0.2) is 66.9 Å². The fourth-order valence-electron chi connectivity index (χ4n) is 5.41. The lowest BCUT2D eigenvalue weighted by Crippen LogP contribution is -2.33. The molecule has 4 atom stereocenters. The topological polar surface area (TPSA) is 79.4 Å². The lowest BCUT2D eigenvalue weighted by atomic mass is 10.0. The van der Waals surface area contributed by atoms with Crippen molar-refractivity contribution in [3.63, 3.8) is 0 Å². The summed E-state index contributed by atoms with van der Waals surface area (Å²) in [5.74, 6) is 0.681. The van der Waals surface area contributed by atoms with Crippen LogP contribution in [0.4, 0.5) is 10.2 Å². The maximum atomic E-state index is 14.0. The summed E-state index contributed by atoms with van der Waals surface area (Å²) in [6.07, 6.45) is 3.77. The first-order valence-corrected chi connectivity index (χ1v) is 11.8. The van der Waals surface area contributed by atoms with Gasteiger partial charge in [-0.1, -0.05) is 0 Å². The molecule has 3 fully saturated rings. The number of aromatic nitrogens is 2. The molecule has 1 amide bonds. The molecule has 2 saturated heterocycles. The third kappa shape index (κ3) is 5.17. The number of nitrogens with one attached hydrogen (secondary N) is 2. The predicted octanol–water partition coefficient (Wildman–Crippen LogP) is 3.19. The molecule has 1 unspecified atom stereocenters. The van der Waals surface area contributed by atoms with Crippen LogP contribution in [0.1, 0.15) is 38.8 Å². The maximum Gasteiger partial charge on any atom is 0.251 e. The molecule has 0 spiro atoms. The maximum absolute atomic E-state index is 14.0. The zero-order valence-electron chi connectivity index (χ0n) is 20.9. The summed E-state index contributed by atoms with van der Waals surface area (Å²) in [5.41, 5.74) is 1.22. The average Bonchev–Trinajstić information content (AvgIpc) is 3.43. The van der Waals surface area contributed by atoms with Gasteiger partial charge in [0, 0.05) is 53.2 Å². The highest BCUT2D eigenvalue weighted by Crippen LogP contribution is 2.39. The van der Waals surface area contributed by atoms with Gasteiger partial charge in [0.25, 0.3) is 5.91 Å². The second kappa shape index (κ2) is 9.73. The number of benzene rings is 1. The molecule has 3 heterocycles. The van der Waals surface area contributed by atoms with E-state index in [1.807, 2.05) is 11.0 Å². The molecule has 2 aromatic rings. The van der Waals surface area contributed by atoms with E-state index >= 15 is 0 Å². The Balaban J connectivity index is 1.18. The zero-order chi connectivity index (χ0) is 24.6. The molecule has 0 bridgehead atoms. The number of halogens is 1. The summed E-state index contributed by atoms with van der Waals surface area (Å²) in [6.45, 7) is 1.51. The quantitative estimate of drug-likeness (QED) is 0.697. The third-order valence-electron chi connectivity index (χ3n) is 6.98. The third-order valence-corrected chi connectivity index (χ3v) is 6.98. The van der Waals surface area contributed by atoms with E-state index in [9.17, 15) is 9.18 Å². The fourth-order valence-corrected chi connectivity index (χ4v) is 5.41. The van der Waals surface area contributed by atoms with Gasteiger partial charge in [-0.3, -0.25) is 4.79 Å². The molecule has 1 saturated carbocycles. The van der Waals surface area contributed by atoms with E-state index in [1.165, 1.54) is 19.2 Å². The standard InChI is InChI=1S/C25H32FN5O2/c1-27-25(32)18-7-17(8-21(26)9-18)23-4-5-24(30-29-23)28-22-10-19-13-31(14-20(19)11-22)12-16-3-2-6-33-15-16/h4-5,7-9,16,19-20,22H,2-3,6,10-15H2,1H3,(H,27,32)(H,28,30)/t16-,19-,20+,22?/m0/s1/i12D2. The van der Waals surface area contributed by atoms with E-state index in [-0.39, 0.29) is 23.4 Å². The number of rotatable bonds is 6. The molecule has 176 valence electrons. The van der Waals surface area contributed by atoms with E-state index < -0.39 is 12.3 Å². The van der Waals surface area contributed by atoms with Gasteiger partial charge in [0.05, 0.1) is 12.3 Å². The molecule has 3 aliphatic rings. The Labute approximate surface area is 196 Å². The highest BCUT2D eigenvalue weighted by atomic mass is 19.1. The predicted molar refractivity (Wildman–Crippen MR) is 124 cm³/mol. The van der Waals surface area contributed by atoms with Gasteiger partial charge >= 0.3 is 0 Å². The second-order valence-corrected chi connectivity index (χ2v) is 9.39. The normalized spacial score (nSPS) is 28.7. The monoisotopic (exact) mass is 455 g/mol. The van der Waals surface area contributed by atoms with Crippen LogP contribution >= 0.6 is 0 Å². The van der Waals surface area contributed by atoms with Crippen molar-refractivity contribution < 1.29 is 16.7 Å². The van der Waals surface area contributed by atoms with Crippen molar-refractivity contribution in [1.82, 2.24) is 20.4 Å². The summed E-state index contributed by atoms with van der Waals surface area (Å²) in [5, 5.41) is 14.5. The molecular formula is C25H32FN5O2. The number of likely N-dealkylation sites (tertiary alicyclic amines) is 1. The summed E-state index contributed by atoms with van der Waals surface area (Å²) in [6, 6.07) is 8.00. The van der Waals surface area contributed by atoms with E-state index in [0.29, 0.717) is 35.5 Å². The molecule has 1 aliphatic carbocycles. The summed E-state index contributed by atoms with van der Waals surface area (Å²) >= 11 is 0. The van der Waals surface area contributed by atoms with Crippen LogP contribution in [0.25, 0.3) is 11.3 Å². The van der Waals surface area contributed by atoms with Crippen molar-refractivity contribution in [3.05, 3.63) is 41.7 Å². The van der Waals surface area contributed by atoms with Crippen molar-refractivity contribution in [2.24, 2.45) is 17.8 Å². The van der Waals surface area contributed by atoms with Gasteiger partial charge < -0.3 is 20.3 Å². The summed E-state index contributed by atoms with van der Waals surface area (Å²) in [4.78, 5) is 13.9. The molecule has 1 aromatic heterocycles. The van der Waals surface area contributed by atoms with Gasteiger partial charge in [0.2, 0.25) is 0 Å². The number of carbonyl (C=O) groups excluding carboxylic acids is 1. The van der Waals surface area contributed by atoms with Crippen LogP contribution in [0.2, 0.25) is 0 Å². The number of amides is 1. The van der Waals surface area contributed by atoms with Crippen molar-refractivity contribution in [2.45, 2.75) is 31.7 Å². The van der Waals surface area contributed by atoms with Gasteiger partial charge in [-0.05, 0) is 73.8 Å². The Kier molecular flexibility index (Phi) is 5.85. The minimum absolute atomic E-state index is 0.0525. The highest BCUT2D eigenvalue weighted by molar-refractivity contribution is 5.95. The number of fused-ring (bicyclic) bond motifs is 1. The first-order chi connectivity index (χ1) is 16.8. The molecule has 33 heavy (non-hydrogen) atoms. The molecular weight excluding hydrogens is 421 g/mol. The van der Waals surface area contributed by atoms with Gasteiger partial charge in [0.15, 0.2) is 0 Å². The SMILES string of the molecule is [2H]C([2H])([C@@H]1CCCOC1)N1C[C@H]2CC(Nc3ccc(-c4cc(F)cc(C(=O)NC)c4)nn3)C[C@H]2C1. The van der Waals surface area contributed by atoms with E-state index in [2.05, 4.69) is 20.8 Å². The van der Waals surface area contributed by atoms with Crippen molar-refractivity contribution in [3.8, 4) is 11.3 Å². The first kappa shape index (κ1) is 19.9. The lowest BCUT2D eigenvalue weighted by molar-refractivity contribution is 0.0407. The van der Waals surface area contributed by atoms with Crippen LogP contribution in [0.3, 0.4) is 0 Å². The molecule has 0 radical (unpaired) electrons. The number of hydrogen-bond donors (Lipinski definition) is 2. The molecule has 8 heteroatoms. The molecule has 1 aromatic carbocycles. The van der Waals surface area contributed by atoms with E-state index in [1.54, 1.807) is 12.1 Å². The molecule has 2 aliphatic heterocycles. The van der Waals surface area contributed by atoms with E-state index in [4.69, 9.17) is 7.48 Å². The molecule has 7 nitrogen and oxygen atoms in total. The molecule has 2 N–H and O–H groups in total. The summed E-state index contributed by atoms with van der Waals surface area (Å²) < 4.78 is 37.0. The smallest absolute Gasteiger partial charge is 0.251 e. The van der Waals surface area contributed by atoms with Crippen molar-refractivity contribution in [2.75, 3.05) is 45.2 Å². The van der Waals surface area contributed by atoms with E-state index in [0.717, 1.165) is 45.4 Å². The van der Waals surface area contributed by atoms with Crippen LogP contribution in [0, 0.1) is 23.6 Å². The number of ether oxygens (including phenoxy) is 1. The second-order valence-electron chi connectivity index (χ2n) is 9.39. The minimum Gasteiger partial charge on any atom is -0.381 e. The Morgan fingerprint density at radius 2 is 2.06 bits per heavy atom. The van der Waals surface area contributed by atoms with Crippen LogP contribution in [0.5, 0.6) is 0 Å². The Hall–Kier alpha value is -2.58. The number of hydrogen-bond acceptors (Lipinski definition) is 6. The van der Waals surface area contributed by atoms with Crippen LogP contribution in [-0.2, 0) is 4.74 Å². The van der Waals surface area contributed by atoms with Gasteiger partial charge in [0.1, 0.15) is 11.6 Å². The van der Waals surface area contributed by atoms with Crippen LogP contribution < -0.4 is 10.6 Å². The van der Waals surface area contributed by atoms with Crippen molar-refractivity contribution in [1.29, 1.82) is 0 Å². The minimum atomic E-state index is -1.32. The Bertz CT molecular complexity index is 1050. The van der Waals surface area contributed by atoms with Gasteiger partial charge in [-0.2, -0.15) is 0 Å². The summed E-state index contributed by atoms with van der Waals surface area (Å²) in [7, 11) is 1.50. The van der Waals surface area contributed by atoms with Crippen molar-refractivity contribution >= 4 is 11.7 Å². The first-order valence-electron chi connectivity index (χ1n) is 12.8. The zero-order valence-corrected chi connectivity index (χ0v) is 18.9. The lowest BCUT2D eigenvalue weighted by Gasteiger charge is -2.27. The number of carbonyl (C=O) groups is 1. The number of anilines is 1. The largest absolute Gasteiger partial charge is 0.381 e. The fraction of sp³-hybridized carbons (Fsp3) is 0.560. The highest BCUT2D eigenvalue weighted by Gasteiger charge is 2.41. The Morgan fingerprint density at radius 1 is 1.24 bits per heavy atom. The van der Waals surface area contributed by atoms with Crippen LogP contribution in [0.15, 0.2) is 30.3 Å². The number of nitrogens with zero attached hydrogens (tertiary/aromatic N) is 3. The van der Waals surface area contributed by atoms with Gasteiger partial charge in [-0.25, -0.2) is 4.39 Å². The average molecular weight is 456 g/mol. The molecule has 5 rings (SSSR count).